The molecule has 112 valence electrons. The number of rotatable bonds is 1. The topological polar surface area (TPSA) is 87.9 Å². The van der Waals surface area contributed by atoms with Gasteiger partial charge in [0.2, 0.25) is 0 Å². The predicted octanol–water partition coefficient (Wildman–Crippen LogP) is 2.76. The molecule has 1 saturated heterocycles. The van der Waals surface area contributed by atoms with Crippen LogP contribution in [-0.2, 0) is 6.42 Å². The number of hydrogen-bond acceptors (Lipinski definition) is 5. The maximum atomic E-state index is 9.58. The van der Waals surface area contributed by atoms with Crippen molar-refractivity contribution in [1.29, 1.82) is 5.26 Å². The van der Waals surface area contributed by atoms with Gasteiger partial charge in [0.15, 0.2) is 0 Å². The molecule has 5 nitrogen and oxygen atoms in total. The van der Waals surface area contributed by atoms with Gasteiger partial charge >= 0.3 is 0 Å². The highest BCUT2D eigenvalue weighted by atomic mass is 16.3. The molecule has 0 unspecified atom stereocenters. The molecule has 2 aliphatic rings. The smallest absolute Gasteiger partial charge is 0.142 e. The summed E-state index contributed by atoms with van der Waals surface area (Å²) in [5.74, 6) is 1.91. The van der Waals surface area contributed by atoms with E-state index in [-0.39, 0.29) is 6.04 Å². The Morgan fingerprint density at radius 1 is 1.41 bits per heavy atom. The summed E-state index contributed by atoms with van der Waals surface area (Å²) in [7, 11) is 0. The molecule has 0 spiro atoms. The Morgan fingerprint density at radius 2 is 2.23 bits per heavy atom. The number of nitrogen functional groups attached to an aromatic ring is 1. The average molecular weight is 294 g/mol. The van der Waals surface area contributed by atoms with Crippen molar-refractivity contribution < 1.29 is 4.42 Å². The zero-order chi connectivity index (χ0) is 15.4. The summed E-state index contributed by atoms with van der Waals surface area (Å²) in [5.41, 5.74) is 10.5. The van der Waals surface area contributed by atoms with Crippen LogP contribution in [0.5, 0.6) is 0 Å². The number of aryl methyl sites for hydroxylation is 2. The van der Waals surface area contributed by atoms with Crippen LogP contribution in [0.15, 0.2) is 10.5 Å². The third-order valence-electron chi connectivity index (χ3n) is 4.89. The molecule has 2 aromatic heterocycles. The number of pyridine rings is 1. The van der Waals surface area contributed by atoms with Crippen LogP contribution in [0.1, 0.15) is 47.0 Å². The van der Waals surface area contributed by atoms with Crippen molar-refractivity contribution in [2.75, 3.05) is 5.73 Å². The number of nitrogens with zero attached hydrogens (tertiary/aromatic N) is 2. The Labute approximate surface area is 129 Å². The standard InChI is InChI=1S/C17H18N4O/c1-8-5-14(22-9(8)2)15-11(7-18)17(19)21-13-6-10-3-4-12(20-10)16(13)15/h5,10,12,20H,3-4,6H2,1-2H3,(H2,19,21)/t10-,12+/m0/s1. The first kappa shape index (κ1) is 13.4. The molecule has 0 aliphatic carbocycles. The van der Waals surface area contributed by atoms with E-state index in [4.69, 9.17) is 10.2 Å². The van der Waals surface area contributed by atoms with Crippen LogP contribution in [0.4, 0.5) is 5.82 Å². The molecular formula is C17H18N4O. The lowest BCUT2D eigenvalue weighted by Gasteiger charge is -2.26. The van der Waals surface area contributed by atoms with Crippen LogP contribution in [0.25, 0.3) is 11.3 Å². The zero-order valence-corrected chi connectivity index (χ0v) is 12.7. The number of aromatic nitrogens is 1. The Morgan fingerprint density at radius 3 is 2.91 bits per heavy atom. The predicted molar refractivity (Wildman–Crippen MR) is 83.1 cm³/mol. The molecule has 2 aliphatic heterocycles. The highest BCUT2D eigenvalue weighted by Crippen LogP contribution is 2.44. The number of furan rings is 1. The van der Waals surface area contributed by atoms with E-state index in [0.29, 0.717) is 17.4 Å². The van der Waals surface area contributed by atoms with E-state index >= 15 is 0 Å². The monoisotopic (exact) mass is 294 g/mol. The summed E-state index contributed by atoms with van der Waals surface area (Å²) in [6.07, 6.45) is 3.08. The first-order valence-corrected chi connectivity index (χ1v) is 7.64. The van der Waals surface area contributed by atoms with Crippen molar-refractivity contribution in [3.63, 3.8) is 0 Å². The number of anilines is 1. The van der Waals surface area contributed by atoms with Gasteiger partial charge in [-0.2, -0.15) is 5.26 Å². The van der Waals surface area contributed by atoms with Crippen molar-refractivity contribution in [2.24, 2.45) is 0 Å². The fourth-order valence-corrected chi connectivity index (χ4v) is 3.71. The third-order valence-corrected chi connectivity index (χ3v) is 4.89. The van der Waals surface area contributed by atoms with E-state index in [1.165, 1.54) is 0 Å². The van der Waals surface area contributed by atoms with Gasteiger partial charge in [0.25, 0.3) is 0 Å². The number of nitriles is 1. The molecule has 2 bridgehead atoms. The Hall–Kier alpha value is -2.32. The second-order valence-corrected chi connectivity index (χ2v) is 6.27. The fraction of sp³-hybridized carbons (Fsp3) is 0.412. The molecule has 0 saturated carbocycles. The van der Waals surface area contributed by atoms with Crippen LogP contribution >= 0.6 is 0 Å². The molecule has 1 fully saturated rings. The van der Waals surface area contributed by atoms with Crippen molar-refractivity contribution in [3.05, 3.63) is 34.2 Å². The zero-order valence-electron chi connectivity index (χ0n) is 12.7. The number of nitrogens with two attached hydrogens (primary N) is 1. The van der Waals surface area contributed by atoms with Crippen LogP contribution in [0, 0.1) is 25.2 Å². The first-order valence-electron chi connectivity index (χ1n) is 7.64. The van der Waals surface area contributed by atoms with Crippen LogP contribution in [0.3, 0.4) is 0 Å². The van der Waals surface area contributed by atoms with Crippen LogP contribution in [-0.4, -0.2) is 11.0 Å². The highest BCUT2D eigenvalue weighted by Gasteiger charge is 2.37. The average Bonchev–Trinajstić information content (AvgIpc) is 3.02. The lowest BCUT2D eigenvalue weighted by atomic mass is 9.90. The number of fused-ring (bicyclic) bond motifs is 4. The lowest BCUT2D eigenvalue weighted by Crippen LogP contribution is -2.33. The number of hydrogen-bond donors (Lipinski definition) is 2. The molecular weight excluding hydrogens is 276 g/mol. The van der Waals surface area contributed by atoms with E-state index in [2.05, 4.69) is 16.4 Å². The Balaban J connectivity index is 2.03. The minimum Gasteiger partial charge on any atom is -0.461 e. The van der Waals surface area contributed by atoms with E-state index in [0.717, 1.165) is 53.2 Å². The van der Waals surface area contributed by atoms with Gasteiger partial charge in [-0.15, -0.1) is 0 Å². The summed E-state index contributed by atoms with van der Waals surface area (Å²) in [5, 5.41) is 13.2. The van der Waals surface area contributed by atoms with Crippen molar-refractivity contribution >= 4 is 5.82 Å². The molecule has 22 heavy (non-hydrogen) atoms. The van der Waals surface area contributed by atoms with Crippen molar-refractivity contribution in [2.45, 2.75) is 45.2 Å². The minimum atomic E-state index is 0.245. The molecule has 4 heterocycles. The molecule has 0 radical (unpaired) electrons. The lowest BCUT2D eigenvalue weighted by molar-refractivity contribution is 0.503. The van der Waals surface area contributed by atoms with E-state index < -0.39 is 0 Å². The minimum absolute atomic E-state index is 0.245. The van der Waals surface area contributed by atoms with Gasteiger partial charge < -0.3 is 15.5 Å². The van der Waals surface area contributed by atoms with Gasteiger partial charge in [-0.1, -0.05) is 0 Å². The van der Waals surface area contributed by atoms with Gasteiger partial charge in [0.05, 0.1) is 0 Å². The van der Waals surface area contributed by atoms with Gasteiger partial charge in [-0.05, 0) is 38.3 Å². The molecule has 4 rings (SSSR count). The van der Waals surface area contributed by atoms with Gasteiger partial charge in [0.1, 0.15) is 29.0 Å². The van der Waals surface area contributed by atoms with Crippen LogP contribution < -0.4 is 11.1 Å². The normalized spacial score (nSPS) is 22.4. The summed E-state index contributed by atoms with van der Waals surface area (Å²) in [6, 6.07) is 4.94. The van der Waals surface area contributed by atoms with Gasteiger partial charge in [-0.3, -0.25) is 0 Å². The molecule has 2 atom stereocenters. The summed E-state index contributed by atoms with van der Waals surface area (Å²) in [6.45, 7) is 3.95. The number of nitrogens with one attached hydrogen (secondary N) is 1. The second-order valence-electron chi connectivity index (χ2n) is 6.27. The van der Waals surface area contributed by atoms with Crippen LogP contribution in [0.2, 0.25) is 0 Å². The van der Waals surface area contributed by atoms with Crippen molar-refractivity contribution in [1.82, 2.24) is 10.3 Å². The summed E-state index contributed by atoms with van der Waals surface area (Å²) < 4.78 is 5.91. The highest BCUT2D eigenvalue weighted by molar-refractivity contribution is 5.77. The van der Waals surface area contributed by atoms with Gasteiger partial charge in [-0.25, -0.2) is 4.98 Å². The quantitative estimate of drug-likeness (QED) is 0.844. The summed E-state index contributed by atoms with van der Waals surface area (Å²) in [4.78, 5) is 4.51. The second kappa shape index (κ2) is 4.59. The molecule has 3 N–H and O–H groups in total. The first-order chi connectivity index (χ1) is 10.6. The largest absolute Gasteiger partial charge is 0.461 e. The molecule has 0 aromatic carbocycles. The van der Waals surface area contributed by atoms with E-state index in [1.807, 2.05) is 19.9 Å². The maximum absolute atomic E-state index is 9.58. The van der Waals surface area contributed by atoms with E-state index in [1.54, 1.807) is 0 Å². The van der Waals surface area contributed by atoms with Gasteiger partial charge in [0, 0.05) is 35.3 Å². The SMILES string of the molecule is Cc1cc(-c2c(C#N)c(N)nc3c2[C@H]2CC[C@@H](C3)N2)oc1C. The maximum Gasteiger partial charge on any atom is 0.142 e. The molecule has 5 heteroatoms. The molecule has 2 aromatic rings. The third kappa shape index (κ3) is 1.77. The molecule has 0 amide bonds. The Kier molecular flexibility index (Phi) is 2.78. The van der Waals surface area contributed by atoms with E-state index in [9.17, 15) is 5.26 Å². The summed E-state index contributed by atoms with van der Waals surface area (Å²) >= 11 is 0. The fourth-order valence-electron chi connectivity index (χ4n) is 3.71. The Bertz CT molecular complexity index is 796. The van der Waals surface area contributed by atoms with Crippen molar-refractivity contribution in [3.8, 4) is 17.4 Å².